The molecular formula is C34H50O8. The molecule has 2 rings (SSSR count). The fourth-order valence-corrected chi connectivity index (χ4v) is 4.02. The molecule has 0 aliphatic rings. The van der Waals surface area contributed by atoms with Gasteiger partial charge in [0.25, 0.3) is 0 Å². The molecule has 8 heteroatoms. The van der Waals surface area contributed by atoms with Crippen LogP contribution in [-0.2, 0) is 42.7 Å². The maximum atomic E-state index is 10.6. The normalized spacial score (nSPS) is 10.9. The molecule has 0 saturated carbocycles. The number of hydrogen-bond acceptors (Lipinski definition) is 6. The van der Waals surface area contributed by atoms with E-state index in [1.165, 1.54) is 12.5 Å². The minimum absolute atomic E-state index is 0.0423. The van der Waals surface area contributed by atoms with Gasteiger partial charge in [0, 0.05) is 19.8 Å². The summed E-state index contributed by atoms with van der Waals surface area (Å²) in [7, 11) is 0. The summed E-state index contributed by atoms with van der Waals surface area (Å²) in [4.78, 5) is 21.1. The first-order valence-electron chi connectivity index (χ1n) is 13.9. The molecule has 234 valence electrons. The largest absolute Gasteiger partial charge is 0.507 e. The molecule has 0 aliphatic heterocycles. The van der Waals surface area contributed by atoms with Gasteiger partial charge in [-0.2, -0.15) is 0 Å². The van der Waals surface area contributed by atoms with Crippen molar-refractivity contribution in [1.29, 1.82) is 0 Å². The van der Waals surface area contributed by atoms with Crippen LogP contribution >= 0.6 is 0 Å². The van der Waals surface area contributed by atoms with Crippen molar-refractivity contribution >= 4 is 11.9 Å². The molecule has 2 aromatic carbocycles. The molecule has 42 heavy (non-hydrogen) atoms. The Morgan fingerprint density at radius 1 is 0.738 bits per heavy atom. The average molecular weight is 587 g/mol. The van der Waals surface area contributed by atoms with Crippen molar-refractivity contribution in [2.45, 2.75) is 105 Å². The molecule has 0 fully saturated rings. The van der Waals surface area contributed by atoms with Crippen molar-refractivity contribution in [3.05, 3.63) is 83.3 Å². The third-order valence-corrected chi connectivity index (χ3v) is 6.07. The van der Waals surface area contributed by atoms with Crippen LogP contribution in [0.5, 0.6) is 11.5 Å². The summed E-state index contributed by atoms with van der Waals surface area (Å²) in [6.45, 7) is 24.5. The van der Waals surface area contributed by atoms with Gasteiger partial charge in [0.05, 0.1) is 12.5 Å². The number of aryl methyl sites for hydroxylation is 4. The molecule has 0 aliphatic carbocycles. The van der Waals surface area contributed by atoms with Crippen LogP contribution in [0.15, 0.2) is 49.9 Å². The van der Waals surface area contributed by atoms with Crippen LogP contribution in [-0.4, -0.2) is 38.7 Å². The number of phenolic OH excluding ortho intramolecular Hbond substituents is 2. The van der Waals surface area contributed by atoms with Crippen molar-refractivity contribution in [2.24, 2.45) is 0 Å². The van der Waals surface area contributed by atoms with E-state index in [0.717, 1.165) is 33.4 Å². The predicted molar refractivity (Wildman–Crippen MR) is 167 cm³/mol. The molecule has 0 amide bonds. The Hall–Kier alpha value is -3.94. The topological polar surface area (TPSA) is 134 Å². The van der Waals surface area contributed by atoms with Crippen molar-refractivity contribution in [3.63, 3.8) is 0 Å². The first kappa shape index (κ1) is 38.1. The molecule has 0 spiro atoms. The van der Waals surface area contributed by atoms with Gasteiger partial charge in [-0.15, -0.1) is 0 Å². The van der Waals surface area contributed by atoms with Crippen LogP contribution in [0.2, 0.25) is 0 Å². The quantitative estimate of drug-likeness (QED) is 0.164. The van der Waals surface area contributed by atoms with Gasteiger partial charge in [0.2, 0.25) is 6.29 Å². The number of aromatic hydroxyl groups is 2. The Balaban J connectivity index is 0.000000642. The molecule has 0 saturated heterocycles. The number of rotatable bonds is 10. The predicted octanol–water partition coefficient (Wildman–Crippen LogP) is 7.68. The maximum absolute atomic E-state index is 10.6. The monoisotopic (exact) mass is 586 g/mol. The van der Waals surface area contributed by atoms with Crippen molar-refractivity contribution in [3.8, 4) is 11.5 Å². The molecule has 0 heterocycles. The summed E-state index contributed by atoms with van der Waals surface area (Å²) in [5.41, 5.74) is 4.99. The van der Waals surface area contributed by atoms with Gasteiger partial charge in [-0.3, -0.25) is 9.59 Å². The van der Waals surface area contributed by atoms with E-state index >= 15 is 0 Å². The van der Waals surface area contributed by atoms with E-state index in [1.54, 1.807) is 6.92 Å². The van der Waals surface area contributed by atoms with Crippen LogP contribution in [0.3, 0.4) is 0 Å². The first-order valence-corrected chi connectivity index (χ1v) is 13.9. The Kier molecular flexibility index (Phi) is 15.5. The van der Waals surface area contributed by atoms with Crippen LogP contribution < -0.4 is 0 Å². The highest BCUT2D eigenvalue weighted by Gasteiger charge is 2.22. The van der Waals surface area contributed by atoms with Crippen LogP contribution in [0.1, 0.15) is 94.7 Å². The molecule has 0 unspecified atom stereocenters. The van der Waals surface area contributed by atoms with E-state index < -0.39 is 11.9 Å². The Morgan fingerprint density at radius 3 is 1.29 bits per heavy atom. The summed E-state index contributed by atoms with van der Waals surface area (Å²) >= 11 is 0. The van der Waals surface area contributed by atoms with Crippen LogP contribution in [0.4, 0.5) is 0 Å². The molecule has 8 nitrogen and oxygen atoms in total. The van der Waals surface area contributed by atoms with Crippen molar-refractivity contribution in [1.82, 2.24) is 0 Å². The van der Waals surface area contributed by atoms with E-state index in [0.29, 0.717) is 12.8 Å². The number of carboxylic acids is 2. The van der Waals surface area contributed by atoms with Crippen molar-refractivity contribution in [2.75, 3.05) is 0 Å². The summed E-state index contributed by atoms with van der Waals surface area (Å²) in [6.07, 6.45) is 3.20. The van der Waals surface area contributed by atoms with E-state index in [1.807, 2.05) is 79.7 Å². The molecule has 2 aromatic rings. The lowest BCUT2D eigenvalue weighted by molar-refractivity contribution is -0.138. The van der Waals surface area contributed by atoms with Gasteiger partial charge in [-0.25, -0.2) is 0 Å². The van der Waals surface area contributed by atoms with Crippen LogP contribution in [0, 0.1) is 13.8 Å². The fraction of sp³-hybridized carbons (Fsp3) is 0.471. The van der Waals surface area contributed by atoms with Crippen molar-refractivity contribution < 1.29 is 39.5 Å². The van der Waals surface area contributed by atoms with E-state index in [-0.39, 0.29) is 41.5 Å². The second kappa shape index (κ2) is 17.1. The van der Waals surface area contributed by atoms with Gasteiger partial charge >= 0.3 is 11.9 Å². The van der Waals surface area contributed by atoms with Gasteiger partial charge < -0.3 is 29.9 Å². The van der Waals surface area contributed by atoms with Gasteiger partial charge in [-0.1, -0.05) is 90.1 Å². The van der Waals surface area contributed by atoms with E-state index in [2.05, 4.69) is 13.2 Å². The lowest BCUT2D eigenvalue weighted by atomic mass is 9.83. The standard InChI is InChI=1S/2C14H20O3.C6H10O2/c2*1-9-7-10(5-6-12(15)16)13(17)11(8-9)14(2,3)4;1-4-7-6(3)8-5-2/h2*7-8,17H,5-6H2,1-4H3,(H,15,16);4-6H,1-2H2,3H3. The first-order chi connectivity index (χ1) is 19.2. The lowest BCUT2D eigenvalue weighted by Gasteiger charge is -2.22. The summed E-state index contributed by atoms with van der Waals surface area (Å²) in [5.74, 6) is -1.21. The highest BCUT2D eigenvalue weighted by Crippen LogP contribution is 2.36. The maximum Gasteiger partial charge on any atom is 0.303 e. The number of carbonyl (C=O) groups is 2. The molecule has 0 bridgehead atoms. The highest BCUT2D eigenvalue weighted by molar-refractivity contribution is 5.68. The third-order valence-electron chi connectivity index (χ3n) is 6.07. The number of carboxylic acid groups (broad SMARTS) is 2. The molecule has 0 aromatic heterocycles. The van der Waals surface area contributed by atoms with Crippen LogP contribution in [0.25, 0.3) is 0 Å². The Morgan fingerprint density at radius 2 is 1.05 bits per heavy atom. The number of hydrogen-bond donors (Lipinski definition) is 4. The molecular weight excluding hydrogens is 536 g/mol. The fourth-order valence-electron chi connectivity index (χ4n) is 4.02. The molecule has 0 atom stereocenters. The highest BCUT2D eigenvalue weighted by atomic mass is 16.7. The third kappa shape index (κ3) is 14.1. The van der Waals surface area contributed by atoms with Gasteiger partial charge in [0.15, 0.2) is 0 Å². The Bertz CT molecular complexity index is 1110. The summed E-state index contributed by atoms with van der Waals surface area (Å²) in [6, 6.07) is 7.63. The average Bonchev–Trinajstić information content (AvgIpc) is 2.84. The lowest BCUT2D eigenvalue weighted by Crippen LogP contribution is -2.13. The van der Waals surface area contributed by atoms with E-state index in [9.17, 15) is 19.8 Å². The molecule has 4 N–H and O–H groups in total. The number of phenols is 2. The minimum Gasteiger partial charge on any atom is -0.507 e. The summed E-state index contributed by atoms with van der Waals surface area (Å²) in [5, 5.41) is 37.7. The van der Waals surface area contributed by atoms with Gasteiger partial charge in [-0.05, 0) is 59.8 Å². The number of aliphatic carboxylic acids is 2. The summed E-state index contributed by atoms with van der Waals surface area (Å²) < 4.78 is 9.51. The smallest absolute Gasteiger partial charge is 0.303 e. The zero-order valence-corrected chi connectivity index (χ0v) is 26.7. The second-order valence-electron chi connectivity index (χ2n) is 12.1. The Labute approximate surface area is 251 Å². The zero-order valence-electron chi connectivity index (χ0n) is 26.7. The number of benzene rings is 2. The SMILES string of the molecule is C=COC(C)OC=C.Cc1cc(CCC(=O)O)c(O)c(C(C)(C)C)c1.Cc1cc(CCC(=O)O)c(O)c(C(C)(C)C)c1. The number of ether oxygens (including phenoxy) is 2. The van der Waals surface area contributed by atoms with Gasteiger partial charge in [0.1, 0.15) is 11.5 Å². The second-order valence-corrected chi connectivity index (χ2v) is 12.1. The van der Waals surface area contributed by atoms with E-state index in [4.69, 9.17) is 19.7 Å². The minimum atomic E-state index is -0.844. The zero-order chi connectivity index (χ0) is 32.8. The molecule has 0 radical (unpaired) electrons.